The standard InChI is InChI=1S/C24H28N2O3/c1-17(22(24(28)29-2)15-18-7-6-14-25-16-18)26-23(27)21-12-10-20(11-13-21)19-8-4-3-5-9-19/h3-5,7-13,17,22,25H,6,14-16H2,1-2H3,(H,26,27)/t17?,22-/m0/s1. The van der Waals surface area contributed by atoms with E-state index in [1.54, 1.807) is 0 Å². The van der Waals surface area contributed by atoms with Crippen molar-refractivity contribution in [1.29, 1.82) is 0 Å². The van der Waals surface area contributed by atoms with Crippen molar-refractivity contribution in [2.45, 2.75) is 25.8 Å². The summed E-state index contributed by atoms with van der Waals surface area (Å²) in [5.41, 5.74) is 3.91. The highest BCUT2D eigenvalue weighted by Crippen LogP contribution is 2.21. The maximum atomic E-state index is 12.7. The molecule has 0 saturated carbocycles. The summed E-state index contributed by atoms with van der Waals surface area (Å²) in [6.07, 6.45) is 3.70. The van der Waals surface area contributed by atoms with Crippen LogP contribution in [0.25, 0.3) is 11.1 Å². The molecule has 0 saturated heterocycles. The van der Waals surface area contributed by atoms with Crippen molar-refractivity contribution in [2.24, 2.45) is 5.92 Å². The predicted octanol–water partition coefficient (Wildman–Crippen LogP) is 3.57. The van der Waals surface area contributed by atoms with E-state index < -0.39 is 5.92 Å². The first kappa shape index (κ1) is 20.8. The first-order chi connectivity index (χ1) is 14.1. The number of methoxy groups -OCH3 is 1. The molecule has 2 aromatic rings. The molecule has 0 fully saturated rings. The second-order valence-corrected chi connectivity index (χ2v) is 7.37. The molecule has 0 aromatic heterocycles. The van der Waals surface area contributed by atoms with Crippen molar-refractivity contribution in [3.63, 3.8) is 0 Å². The molecule has 0 spiro atoms. The van der Waals surface area contributed by atoms with E-state index in [4.69, 9.17) is 4.74 Å². The molecule has 1 aliphatic rings. The zero-order chi connectivity index (χ0) is 20.6. The highest BCUT2D eigenvalue weighted by atomic mass is 16.5. The van der Waals surface area contributed by atoms with Gasteiger partial charge in [0, 0.05) is 18.2 Å². The normalized spacial score (nSPS) is 15.7. The van der Waals surface area contributed by atoms with Crippen LogP contribution in [-0.4, -0.2) is 38.1 Å². The van der Waals surface area contributed by atoms with Gasteiger partial charge in [0.05, 0.1) is 13.0 Å². The summed E-state index contributed by atoms with van der Waals surface area (Å²) in [6, 6.07) is 17.2. The third-order valence-corrected chi connectivity index (χ3v) is 5.31. The highest BCUT2D eigenvalue weighted by Gasteiger charge is 2.28. The van der Waals surface area contributed by atoms with Gasteiger partial charge in [-0.25, -0.2) is 0 Å². The molecule has 5 heteroatoms. The van der Waals surface area contributed by atoms with Crippen molar-refractivity contribution >= 4 is 11.9 Å². The number of carbonyl (C=O) groups excluding carboxylic acids is 2. The Morgan fingerprint density at radius 1 is 1.07 bits per heavy atom. The minimum Gasteiger partial charge on any atom is -0.469 e. The highest BCUT2D eigenvalue weighted by molar-refractivity contribution is 5.95. The molecule has 0 bridgehead atoms. The van der Waals surface area contributed by atoms with E-state index in [2.05, 4.69) is 16.7 Å². The topological polar surface area (TPSA) is 67.4 Å². The fraction of sp³-hybridized carbons (Fsp3) is 0.333. The molecule has 2 atom stereocenters. The number of amides is 1. The van der Waals surface area contributed by atoms with E-state index in [1.807, 2.05) is 61.5 Å². The number of hydrogen-bond donors (Lipinski definition) is 2. The fourth-order valence-electron chi connectivity index (χ4n) is 3.59. The van der Waals surface area contributed by atoms with E-state index in [9.17, 15) is 9.59 Å². The van der Waals surface area contributed by atoms with Crippen LogP contribution in [0.5, 0.6) is 0 Å². The van der Waals surface area contributed by atoms with Gasteiger partial charge in [0.1, 0.15) is 0 Å². The molecule has 1 heterocycles. The van der Waals surface area contributed by atoms with Crippen LogP contribution in [0, 0.1) is 5.92 Å². The van der Waals surface area contributed by atoms with Gasteiger partial charge in [0.2, 0.25) is 0 Å². The van der Waals surface area contributed by atoms with Gasteiger partial charge in [-0.2, -0.15) is 0 Å². The van der Waals surface area contributed by atoms with Crippen LogP contribution in [-0.2, 0) is 9.53 Å². The van der Waals surface area contributed by atoms with Crippen LogP contribution < -0.4 is 10.6 Å². The number of ether oxygens (including phenoxy) is 1. The molecule has 5 nitrogen and oxygen atoms in total. The summed E-state index contributed by atoms with van der Waals surface area (Å²) in [7, 11) is 1.39. The van der Waals surface area contributed by atoms with Crippen LogP contribution in [0.1, 0.15) is 30.1 Å². The Balaban J connectivity index is 1.67. The average molecular weight is 392 g/mol. The second-order valence-electron chi connectivity index (χ2n) is 7.37. The molecule has 0 aliphatic carbocycles. The molecule has 29 heavy (non-hydrogen) atoms. The molecule has 1 unspecified atom stereocenters. The first-order valence-corrected chi connectivity index (χ1v) is 10.0. The lowest BCUT2D eigenvalue weighted by atomic mass is 9.91. The Bertz CT molecular complexity index is 859. The lowest BCUT2D eigenvalue weighted by Gasteiger charge is -2.25. The van der Waals surface area contributed by atoms with Gasteiger partial charge in [-0.1, -0.05) is 54.1 Å². The van der Waals surface area contributed by atoms with E-state index in [1.165, 1.54) is 12.7 Å². The number of rotatable bonds is 7. The zero-order valence-corrected chi connectivity index (χ0v) is 17.0. The Morgan fingerprint density at radius 2 is 1.76 bits per heavy atom. The third-order valence-electron chi connectivity index (χ3n) is 5.31. The summed E-state index contributed by atoms with van der Waals surface area (Å²) in [5, 5.41) is 6.29. The second kappa shape index (κ2) is 10.0. The van der Waals surface area contributed by atoms with Crippen LogP contribution in [0.15, 0.2) is 66.2 Å². The third kappa shape index (κ3) is 5.55. The molecule has 0 radical (unpaired) electrons. The molecule has 152 valence electrons. The maximum Gasteiger partial charge on any atom is 0.311 e. The summed E-state index contributed by atoms with van der Waals surface area (Å²) in [6.45, 7) is 3.58. The van der Waals surface area contributed by atoms with Crippen molar-refractivity contribution < 1.29 is 14.3 Å². The van der Waals surface area contributed by atoms with Gasteiger partial charge in [-0.3, -0.25) is 9.59 Å². The molecular weight excluding hydrogens is 364 g/mol. The lowest BCUT2D eigenvalue weighted by molar-refractivity contribution is -0.146. The van der Waals surface area contributed by atoms with E-state index in [-0.39, 0.29) is 17.9 Å². The van der Waals surface area contributed by atoms with Gasteiger partial charge in [-0.15, -0.1) is 0 Å². The predicted molar refractivity (Wildman–Crippen MR) is 114 cm³/mol. The molecule has 3 rings (SSSR count). The summed E-state index contributed by atoms with van der Waals surface area (Å²) < 4.78 is 4.99. The zero-order valence-electron chi connectivity index (χ0n) is 17.0. The van der Waals surface area contributed by atoms with Crippen molar-refractivity contribution in [2.75, 3.05) is 20.2 Å². The largest absolute Gasteiger partial charge is 0.469 e. The number of hydrogen-bond acceptors (Lipinski definition) is 4. The van der Waals surface area contributed by atoms with E-state index in [0.29, 0.717) is 12.0 Å². The molecule has 2 aromatic carbocycles. The van der Waals surface area contributed by atoms with Crippen LogP contribution >= 0.6 is 0 Å². The number of esters is 1. The summed E-state index contributed by atoms with van der Waals surface area (Å²) in [5.74, 6) is -0.913. The summed E-state index contributed by atoms with van der Waals surface area (Å²) >= 11 is 0. The molecule has 1 aliphatic heterocycles. The Hall–Kier alpha value is -2.92. The Morgan fingerprint density at radius 3 is 2.38 bits per heavy atom. The smallest absolute Gasteiger partial charge is 0.311 e. The van der Waals surface area contributed by atoms with Gasteiger partial charge in [-0.05, 0) is 49.6 Å². The molecule has 2 N–H and O–H groups in total. The Labute approximate surface area is 172 Å². The fourth-order valence-corrected chi connectivity index (χ4v) is 3.59. The number of benzene rings is 2. The minimum atomic E-state index is -0.418. The van der Waals surface area contributed by atoms with E-state index >= 15 is 0 Å². The molecule has 1 amide bonds. The number of carbonyl (C=O) groups is 2. The maximum absolute atomic E-state index is 12.7. The molecular formula is C24H28N2O3. The SMILES string of the molecule is COC(=O)[C@@H](CC1=CCCNC1)C(C)NC(=O)c1ccc(-c2ccccc2)cc1. The Kier molecular flexibility index (Phi) is 7.19. The summed E-state index contributed by atoms with van der Waals surface area (Å²) in [4.78, 5) is 25.0. The van der Waals surface area contributed by atoms with Gasteiger partial charge >= 0.3 is 5.97 Å². The van der Waals surface area contributed by atoms with E-state index in [0.717, 1.165) is 30.6 Å². The van der Waals surface area contributed by atoms with Gasteiger partial charge < -0.3 is 15.4 Å². The number of nitrogens with one attached hydrogen (secondary N) is 2. The minimum absolute atomic E-state index is 0.193. The van der Waals surface area contributed by atoms with Crippen molar-refractivity contribution in [1.82, 2.24) is 10.6 Å². The van der Waals surface area contributed by atoms with Gasteiger partial charge in [0.15, 0.2) is 0 Å². The quantitative estimate of drug-likeness (QED) is 0.558. The first-order valence-electron chi connectivity index (χ1n) is 10.0. The lowest BCUT2D eigenvalue weighted by Crippen LogP contribution is -2.42. The van der Waals surface area contributed by atoms with Crippen molar-refractivity contribution in [3.8, 4) is 11.1 Å². The van der Waals surface area contributed by atoms with Crippen LogP contribution in [0.4, 0.5) is 0 Å². The van der Waals surface area contributed by atoms with Crippen molar-refractivity contribution in [3.05, 3.63) is 71.8 Å². The monoisotopic (exact) mass is 392 g/mol. The van der Waals surface area contributed by atoms with Crippen LogP contribution in [0.3, 0.4) is 0 Å². The van der Waals surface area contributed by atoms with Crippen LogP contribution in [0.2, 0.25) is 0 Å². The van der Waals surface area contributed by atoms with Gasteiger partial charge in [0.25, 0.3) is 5.91 Å². The average Bonchev–Trinajstić information content (AvgIpc) is 2.78.